The van der Waals surface area contributed by atoms with Gasteiger partial charge in [0.25, 0.3) is 5.79 Å². The molecule has 1 heterocycles. The number of likely N-dealkylation sites (N-methyl/N-ethyl adjacent to an activating group) is 1. The Kier molecular flexibility index (Phi) is 4.20. The molecule has 1 aliphatic heterocycles. The number of aldehydes is 1. The van der Waals surface area contributed by atoms with Crippen LogP contribution < -0.4 is 10.6 Å². The van der Waals surface area contributed by atoms with Crippen LogP contribution in [0.25, 0.3) is 0 Å². The molecule has 122 valence electrons. The lowest BCUT2D eigenvalue weighted by Gasteiger charge is -2.29. The third-order valence-electron chi connectivity index (χ3n) is 4.03. The molecule has 0 saturated carbocycles. The fourth-order valence-electron chi connectivity index (χ4n) is 2.64. The van der Waals surface area contributed by atoms with Crippen molar-refractivity contribution in [3.05, 3.63) is 29.3 Å². The van der Waals surface area contributed by atoms with Crippen molar-refractivity contribution in [1.29, 1.82) is 0 Å². The van der Waals surface area contributed by atoms with E-state index in [1.165, 1.54) is 6.07 Å². The number of rotatable bonds is 2. The Labute approximate surface area is 125 Å². The zero-order valence-electron chi connectivity index (χ0n) is 11.8. The molecule has 0 saturated heterocycles. The van der Waals surface area contributed by atoms with Gasteiger partial charge in [0, 0.05) is 24.3 Å². The van der Waals surface area contributed by atoms with Gasteiger partial charge in [0.1, 0.15) is 6.29 Å². The summed E-state index contributed by atoms with van der Waals surface area (Å²) < 4.78 is 38.1. The summed E-state index contributed by atoms with van der Waals surface area (Å²) in [5.74, 6) is -3.92. The molecular formula is C14H17F3N2O3. The quantitative estimate of drug-likeness (QED) is 0.551. The Morgan fingerprint density at radius 3 is 2.55 bits per heavy atom. The van der Waals surface area contributed by atoms with Crippen molar-refractivity contribution >= 4 is 12.0 Å². The molecule has 1 aromatic rings. The van der Waals surface area contributed by atoms with Crippen LogP contribution in [0.1, 0.15) is 17.5 Å². The third kappa shape index (κ3) is 2.69. The second-order valence-corrected chi connectivity index (χ2v) is 5.45. The number of alkyl halides is 3. The third-order valence-corrected chi connectivity index (χ3v) is 4.03. The molecule has 4 N–H and O–H groups in total. The molecule has 0 radical (unpaired) electrons. The maximum Gasteiger partial charge on any atom is 0.447 e. The van der Waals surface area contributed by atoms with Crippen LogP contribution >= 0.6 is 0 Å². The Balaban J connectivity index is 2.47. The zero-order valence-corrected chi connectivity index (χ0v) is 11.8. The minimum atomic E-state index is -5.21. The van der Waals surface area contributed by atoms with Gasteiger partial charge in [-0.1, -0.05) is 6.07 Å². The zero-order chi connectivity index (χ0) is 16.7. The van der Waals surface area contributed by atoms with Gasteiger partial charge >= 0.3 is 6.18 Å². The highest BCUT2D eigenvalue weighted by Gasteiger charge is 2.54. The Hall–Kier alpha value is -1.64. The smallest absolute Gasteiger partial charge is 0.363 e. The first-order valence-corrected chi connectivity index (χ1v) is 6.68. The lowest BCUT2D eigenvalue weighted by Crippen LogP contribution is -2.46. The van der Waals surface area contributed by atoms with Gasteiger partial charge in [0.15, 0.2) is 0 Å². The largest absolute Gasteiger partial charge is 0.447 e. The van der Waals surface area contributed by atoms with E-state index in [2.05, 4.69) is 0 Å². The number of fused-ring (bicyclic) bond motifs is 1. The molecule has 0 fully saturated rings. The monoisotopic (exact) mass is 318 g/mol. The van der Waals surface area contributed by atoms with Crippen LogP contribution in [-0.2, 0) is 17.0 Å². The number of aryl methyl sites for hydroxylation is 1. The van der Waals surface area contributed by atoms with Gasteiger partial charge in [-0.2, -0.15) is 13.2 Å². The Morgan fingerprint density at radius 2 is 2.00 bits per heavy atom. The van der Waals surface area contributed by atoms with E-state index in [1.807, 2.05) is 0 Å². The summed E-state index contributed by atoms with van der Waals surface area (Å²) in [4.78, 5) is 12.7. The molecule has 0 amide bonds. The predicted molar refractivity (Wildman–Crippen MR) is 73.2 cm³/mol. The standard InChI is InChI=1S/C14H17F3N2O3/c1-19-11-5-3-9(13(21,22)14(15,16)17)6-8(11)2-4-10(18)12(19)7-20/h3,5-7,10,12,21-22H,2,4,18H2,1H3. The fourth-order valence-corrected chi connectivity index (χ4v) is 2.64. The van der Waals surface area contributed by atoms with E-state index in [1.54, 1.807) is 11.9 Å². The van der Waals surface area contributed by atoms with Crippen molar-refractivity contribution in [1.82, 2.24) is 0 Å². The lowest BCUT2D eigenvalue weighted by atomic mass is 9.98. The molecule has 2 rings (SSSR count). The number of benzene rings is 1. The average molecular weight is 318 g/mol. The van der Waals surface area contributed by atoms with Crippen LogP contribution in [0.4, 0.5) is 18.9 Å². The van der Waals surface area contributed by atoms with E-state index in [0.717, 1.165) is 12.1 Å². The lowest BCUT2D eigenvalue weighted by molar-refractivity contribution is -0.358. The molecule has 2 atom stereocenters. The summed E-state index contributed by atoms with van der Waals surface area (Å²) in [7, 11) is 1.62. The van der Waals surface area contributed by atoms with Gasteiger partial charge < -0.3 is 25.6 Å². The van der Waals surface area contributed by atoms with Crippen LogP contribution in [0.2, 0.25) is 0 Å². The molecule has 0 bridgehead atoms. The van der Waals surface area contributed by atoms with E-state index in [-0.39, 0.29) is 0 Å². The fraction of sp³-hybridized carbons (Fsp3) is 0.500. The highest BCUT2D eigenvalue weighted by atomic mass is 19.4. The van der Waals surface area contributed by atoms with Crippen molar-refractivity contribution in [2.75, 3.05) is 11.9 Å². The molecule has 0 spiro atoms. The number of aliphatic hydroxyl groups is 2. The number of halogens is 3. The Morgan fingerprint density at radius 1 is 1.36 bits per heavy atom. The number of hydrogen-bond donors (Lipinski definition) is 3. The molecular weight excluding hydrogens is 301 g/mol. The van der Waals surface area contributed by atoms with Gasteiger partial charge in [-0.25, -0.2) is 0 Å². The summed E-state index contributed by atoms with van der Waals surface area (Å²) in [6, 6.07) is 2.39. The number of carbonyl (C=O) groups excluding carboxylic acids is 1. The first kappa shape index (κ1) is 16.7. The Bertz CT molecular complexity index is 575. The second kappa shape index (κ2) is 5.53. The number of hydrogen-bond acceptors (Lipinski definition) is 5. The number of anilines is 1. The van der Waals surface area contributed by atoms with Crippen molar-refractivity contribution in [2.45, 2.75) is 36.9 Å². The summed E-state index contributed by atoms with van der Waals surface area (Å²) in [5, 5.41) is 18.7. The van der Waals surface area contributed by atoms with E-state index >= 15 is 0 Å². The predicted octanol–water partition coefficient (Wildman–Crippen LogP) is 0.663. The highest BCUT2D eigenvalue weighted by Crippen LogP contribution is 2.39. The SMILES string of the molecule is CN1c2ccc(C(O)(O)C(F)(F)F)cc2CCC(N)C1C=O. The van der Waals surface area contributed by atoms with Crippen molar-refractivity contribution < 1.29 is 28.2 Å². The van der Waals surface area contributed by atoms with Gasteiger partial charge in [-0.3, -0.25) is 0 Å². The van der Waals surface area contributed by atoms with Gasteiger partial charge in [0.05, 0.1) is 6.04 Å². The summed E-state index contributed by atoms with van der Waals surface area (Å²) >= 11 is 0. The maximum absolute atomic E-state index is 12.7. The van der Waals surface area contributed by atoms with Gasteiger partial charge in [0.2, 0.25) is 0 Å². The van der Waals surface area contributed by atoms with Crippen molar-refractivity contribution in [3.63, 3.8) is 0 Å². The van der Waals surface area contributed by atoms with Crippen LogP contribution in [0.3, 0.4) is 0 Å². The number of carbonyl (C=O) groups is 1. The van der Waals surface area contributed by atoms with Crippen LogP contribution in [-0.4, -0.2) is 41.8 Å². The normalized spacial score (nSPS) is 23.0. The van der Waals surface area contributed by atoms with Crippen LogP contribution in [0.5, 0.6) is 0 Å². The molecule has 1 aromatic carbocycles. The minimum absolute atomic E-state index is 0.340. The van der Waals surface area contributed by atoms with Crippen LogP contribution in [0.15, 0.2) is 18.2 Å². The molecule has 5 nitrogen and oxygen atoms in total. The topological polar surface area (TPSA) is 86.8 Å². The first-order chi connectivity index (χ1) is 10.1. The number of nitrogens with two attached hydrogens (primary N) is 1. The van der Waals surface area contributed by atoms with E-state index in [4.69, 9.17) is 5.73 Å². The molecule has 0 aromatic heterocycles. The van der Waals surface area contributed by atoms with Gasteiger partial charge in [-0.15, -0.1) is 0 Å². The van der Waals surface area contributed by atoms with Crippen LogP contribution in [0, 0.1) is 0 Å². The van der Waals surface area contributed by atoms with E-state index in [0.29, 0.717) is 30.4 Å². The van der Waals surface area contributed by atoms with E-state index < -0.39 is 29.6 Å². The first-order valence-electron chi connectivity index (χ1n) is 6.68. The van der Waals surface area contributed by atoms with Crippen molar-refractivity contribution in [2.24, 2.45) is 5.73 Å². The molecule has 2 unspecified atom stereocenters. The summed E-state index contributed by atoms with van der Waals surface area (Å²) in [6.45, 7) is 0. The maximum atomic E-state index is 12.7. The molecule has 22 heavy (non-hydrogen) atoms. The summed E-state index contributed by atoms with van der Waals surface area (Å²) in [5.41, 5.74) is 6.27. The molecule has 1 aliphatic rings. The van der Waals surface area contributed by atoms with E-state index in [9.17, 15) is 28.2 Å². The number of nitrogens with zero attached hydrogens (tertiary/aromatic N) is 1. The second-order valence-electron chi connectivity index (χ2n) is 5.45. The van der Waals surface area contributed by atoms with Gasteiger partial charge in [-0.05, 0) is 30.5 Å². The van der Waals surface area contributed by atoms with Crippen molar-refractivity contribution in [3.8, 4) is 0 Å². The highest BCUT2D eigenvalue weighted by molar-refractivity contribution is 5.70. The minimum Gasteiger partial charge on any atom is -0.363 e. The molecule has 8 heteroatoms. The summed E-state index contributed by atoms with van der Waals surface area (Å²) in [6.07, 6.45) is -3.77. The average Bonchev–Trinajstić information content (AvgIpc) is 2.54. The molecule has 0 aliphatic carbocycles.